The summed E-state index contributed by atoms with van der Waals surface area (Å²) in [6.45, 7) is 3.33. The smallest absolute Gasteiger partial charge is 0.260 e. The van der Waals surface area contributed by atoms with Gasteiger partial charge in [0.25, 0.3) is 11.5 Å². The Morgan fingerprint density at radius 3 is 2.52 bits per heavy atom. The highest BCUT2D eigenvalue weighted by Gasteiger charge is 2.38. The summed E-state index contributed by atoms with van der Waals surface area (Å²) in [5.74, 6) is 0.998. The van der Waals surface area contributed by atoms with E-state index in [1.165, 1.54) is 49.7 Å². The van der Waals surface area contributed by atoms with Crippen LogP contribution in [-0.4, -0.2) is 33.6 Å². The number of fused-ring (bicyclic) bond motifs is 2. The van der Waals surface area contributed by atoms with E-state index in [0.717, 1.165) is 36.3 Å². The van der Waals surface area contributed by atoms with Gasteiger partial charge in [0.05, 0.1) is 16.8 Å². The van der Waals surface area contributed by atoms with E-state index in [9.17, 15) is 9.59 Å². The quantitative estimate of drug-likeness (QED) is 0.237. The van der Waals surface area contributed by atoms with Crippen LogP contribution in [0.15, 0.2) is 83.8 Å². The average molecular weight is 619 g/mol. The van der Waals surface area contributed by atoms with E-state index < -0.39 is 0 Å². The van der Waals surface area contributed by atoms with Crippen molar-refractivity contribution in [2.45, 2.75) is 95.7 Å². The number of nitrogens with one attached hydrogen (secondary N) is 1. The predicted molar refractivity (Wildman–Crippen MR) is 183 cm³/mol. The van der Waals surface area contributed by atoms with E-state index in [4.69, 9.17) is 10.5 Å². The van der Waals surface area contributed by atoms with Crippen LogP contribution in [0.4, 0.5) is 0 Å². The van der Waals surface area contributed by atoms with Crippen molar-refractivity contribution in [1.29, 1.82) is 0 Å². The molecule has 4 heterocycles. The number of aryl methyl sites for hydroxylation is 2. The highest BCUT2D eigenvalue weighted by molar-refractivity contribution is 5.96. The number of carbonyl (C=O) groups is 1. The molecule has 3 N–H and O–H groups in total. The number of amides is 1. The van der Waals surface area contributed by atoms with E-state index in [2.05, 4.69) is 47.6 Å². The minimum absolute atomic E-state index is 0.0721. The summed E-state index contributed by atoms with van der Waals surface area (Å²) >= 11 is 0. The Kier molecular flexibility index (Phi) is 9.98. The molecule has 0 unspecified atom stereocenters. The van der Waals surface area contributed by atoms with Crippen LogP contribution in [-0.2, 0) is 32.2 Å². The fourth-order valence-electron chi connectivity index (χ4n) is 7.27. The van der Waals surface area contributed by atoms with Gasteiger partial charge >= 0.3 is 0 Å². The zero-order valence-corrected chi connectivity index (χ0v) is 27.0. The predicted octanol–water partition coefficient (Wildman–Crippen LogP) is 6.43. The Hall–Kier alpha value is -4.23. The van der Waals surface area contributed by atoms with Crippen LogP contribution >= 0.6 is 0 Å². The zero-order valence-electron chi connectivity index (χ0n) is 27.0. The third-order valence-electron chi connectivity index (χ3n) is 9.78. The zero-order chi connectivity index (χ0) is 31.9. The van der Waals surface area contributed by atoms with Gasteiger partial charge in [-0.15, -0.1) is 0 Å². The Morgan fingerprint density at radius 2 is 1.78 bits per heavy atom. The Morgan fingerprint density at radius 1 is 0.978 bits per heavy atom. The van der Waals surface area contributed by atoms with E-state index in [-0.39, 0.29) is 23.1 Å². The molecule has 1 atom stereocenters. The first-order valence-corrected chi connectivity index (χ1v) is 17.0. The molecule has 2 aromatic carbocycles. The molecule has 1 saturated carbocycles. The van der Waals surface area contributed by atoms with Gasteiger partial charge in [-0.2, -0.15) is 0 Å². The SMILES string of the molecule is CCc1ccc2c(c1)CCC1(CCCC1)O2.NCC[C@H](Cc1ccccc1)NC(=O)c1cc(-c2ccccn2)c(=O)n2c1CCC2. The third kappa shape index (κ3) is 7.10. The molecule has 2 aromatic heterocycles. The molecule has 2 aliphatic heterocycles. The van der Waals surface area contributed by atoms with Crippen LogP contribution in [0.3, 0.4) is 0 Å². The molecule has 0 radical (unpaired) electrons. The third-order valence-corrected chi connectivity index (χ3v) is 9.78. The van der Waals surface area contributed by atoms with E-state index in [1.807, 2.05) is 30.3 Å². The summed E-state index contributed by atoms with van der Waals surface area (Å²) in [5, 5.41) is 3.16. The van der Waals surface area contributed by atoms with Crippen molar-refractivity contribution in [3.63, 3.8) is 0 Å². The molecule has 240 valence electrons. The Bertz CT molecular complexity index is 1690. The standard InChI is InChI=1S/C24H26N4O2.C15H20O/c25-12-11-18(15-17-7-2-1-3-8-17)27-23(29)20-16-19(21-9-4-5-13-26-21)24(30)28-14-6-10-22(20)28;1-2-12-5-6-14-13(11-12)7-10-15(16-14)8-3-4-9-15/h1-5,7-9,13,16,18H,6,10-12,14-15,25H2,(H,27,29);5-6,11H,2-4,7-10H2,1H3/t18-;/m1./s1. The lowest BCUT2D eigenvalue weighted by atomic mass is 9.89. The van der Waals surface area contributed by atoms with Gasteiger partial charge in [-0.1, -0.05) is 55.5 Å². The van der Waals surface area contributed by atoms with Crippen molar-refractivity contribution < 1.29 is 9.53 Å². The number of carbonyl (C=O) groups excluding carboxylic acids is 1. The maximum absolute atomic E-state index is 13.3. The second-order valence-electron chi connectivity index (χ2n) is 12.9. The lowest BCUT2D eigenvalue weighted by molar-refractivity contribution is 0.0533. The Balaban J connectivity index is 0.000000194. The molecular formula is C39H46N4O3. The normalized spacial score (nSPS) is 16.5. The van der Waals surface area contributed by atoms with Crippen LogP contribution in [0.25, 0.3) is 11.3 Å². The number of nitrogens with two attached hydrogens (primary N) is 1. The molecule has 7 rings (SSSR count). The lowest BCUT2D eigenvalue weighted by Crippen LogP contribution is -2.39. The van der Waals surface area contributed by atoms with Gasteiger partial charge in [0.2, 0.25) is 0 Å². The number of hydrogen-bond donors (Lipinski definition) is 2. The van der Waals surface area contributed by atoms with E-state index in [0.29, 0.717) is 42.8 Å². The van der Waals surface area contributed by atoms with Gasteiger partial charge in [0, 0.05) is 24.5 Å². The molecule has 1 amide bonds. The molecule has 7 nitrogen and oxygen atoms in total. The second-order valence-corrected chi connectivity index (χ2v) is 12.9. The fraction of sp³-hybridized carbons (Fsp3) is 0.410. The monoisotopic (exact) mass is 618 g/mol. The second kappa shape index (κ2) is 14.5. The van der Waals surface area contributed by atoms with Crippen LogP contribution < -0.4 is 21.3 Å². The van der Waals surface area contributed by atoms with Crippen molar-refractivity contribution >= 4 is 5.91 Å². The minimum atomic E-state index is -0.160. The van der Waals surface area contributed by atoms with Gasteiger partial charge in [0.15, 0.2) is 0 Å². The number of ether oxygens (including phenoxy) is 1. The highest BCUT2D eigenvalue weighted by atomic mass is 16.5. The average Bonchev–Trinajstić information content (AvgIpc) is 3.77. The summed E-state index contributed by atoms with van der Waals surface area (Å²) < 4.78 is 8.01. The van der Waals surface area contributed by atoms with Crippen molar-refractivity contribution in [3.05, 3.63) is 117 Å². The van der Waals surface area contributed by atoms with E-state index in [1.54, 1.807) is 22.9 Å². The first-order chi connectivity index (χ1) is 22.5. The number of aromatic nitrogens is 2. The van der Waals surface area contributed by atoms with Crippen molar-refractivity contribution in [2.24, 2.45) is 5.73 Å². The van der Waals surface area contributed by atoms with Crippen LogP contribution in [0.1, 0.15) is 84.6 Å². The molecule has 1 fully saturated rings. The number of nitrogens with zero attached hydrogens (tertiary/aromatic N) is 2. The fourth-order valence-corrected chi connectivity index (χ4v) is 7.27. The van der Waals surface area contributed by atoms with Crippen molar-refractivity contribution in [3.8, 4) is 17.0 Å². The Labute approximate surface area is 272 Å². The number of pyridine rings is 2. The molecule has 0 saturated heterocycles. The van der Waals surface area contributed by atoms with Crippen LogP contribution in [0.5, 0.6) is 5.75 Å². The molecule has 1 aliphatic carbocycles. The first-order valence-electron chi connectivity index (χ1n) is 17.0. The minimum Gasteiger partial charge on any atom is -0.487 e. The summed E-state index contributed by atoms with van der Waals surface area (Å²) in [6.07, 6.45) is 13.4. The number of rotatable bonds is 8. The number of hydrogen-bond acceptors (Lipinski definition) is 5. The van der Waals surface area contributed by atoms with Crippen LogP contribution in [0, 0.1) is 0 Å². The highest BCUT2D eigenvalue weighted by Crippen LogP contribution is 2.43. The molecule has 7 heteroatoms. The maximum atomic E-state index is 13.3. The van der Waals surface area contributed by atoms with Crippen molar-refractivity contribution in [1.82, 2.24) is 14.9 Å². The maximum Gasteiger partial charge on any atom is 0.260 e. The summed E-state index contributed by atoms with van der Waals surface area (Å²) in [4.78, 5) is 30.6. The molecule has 3 aliphatic rings. The first kappa shape index (κ1) is 31.7. The number of benzene rings is 2. The van der Waals surface area contributed by atoms with Gasteiger partial charge in [-0.05, 0) is 118 Å². The van der Waals surface area contributed by atoms with Gasteiger partial charge < -0.3 is 20.4 Å². The van der Waals surface area contributed by atoms with Crippen LogP contribution in [0.2, 0.25) is 0 Å². The summed E-state index contributed by atoms with van der Waals surface area (Å²) in [7, 11) is 0. The summed E-state index contributed by atoms with van der Waals surface area (Å²) in [6, 6.07) is 23.9. The summed E-state index contributed by atoms with van der Waals surface area (Å²) in [5.41, 5.74) is 12.4. The molecule has 46 heavy (non-hydrogen) atoms. The molecule has 4 aromatic rings. The lowest BCUT2D eigenvalue weighted by Gasteiger charge is -2.35. The topological polar surface area (TPSA) is 99.2 Å². The van der Waals surface area contributed by atoms with E-state index >= 15 is 0 Å². The molecular weight excluding hydrogens is 572 g/mol. The largest absolute Gasteiger partial charge is 0.487 e. The van der Waals surface area contributed by atoms with Crippen molar-refractivity contribution in [2.75, 3.05) is 6.54 Å². The van der Waals surface area contributed by atoms with Gasteiger partial charge in [0.1, 0.15) is 11.4 Å². The van der Waals surface area contributed by atoms with Gasteiger partial charge in [-0.3, -0.25) is 14.6 Å². The molecule has 0 bridgehead atoms. The van der Waals surface area contributed by atoms with Gasteiger partial charge in [-0.25, -0.2) is 0 Å². The molecule has 1 spiro atoms.